The van der Waals surface area contributed by atoms with E-state index >= 15 is 0 Å². The minimum atomic E-state index is -4.33. The Bertz CT molecular complexity index is 322. The highest BCUT2D eigenvalue weighted by Gasteiger charge is 2.31. The summed E-state index contributed by atoms with van der Waals surface area (Å²) in [5.41, 5.74) is -0.704. The minimum absolute atomic E-state index is 0.210. The van der Waals surface area contributed by atoms with Gasteiger partial charge in [-0.05, 0) is 41.1 Å². The number of alkyl halides is 3. The number of hydrogen-bond acceptors (Lipinski definition) is 1. The van der Waals surface area contributed by atoms with Crippen molar-refractivity contribution in [3.05, 3.63) is 28.2 Å². The summed E-state index contributed by atoms with van der Waals surface area (Å²) < 4.78 is 42.4. The highest BCUT2D eigenvalue weighted by Crippen LogP contribution is 2.34. The molecule has 0 aliphatic carbocycles. The fraction of sp³-hybridized carbons (Fsp3) is 0.333. The zero-order valence-electron chi connectivity index (χ0n) is 7.36. The van der Waals surface area contributed by atoms with E-state index in [1.54, 1.807) is 6.92 Å². The topological polar surface area (TPSA) is 9.23 Å². The number of benzene rings is 1. The van der Waals surface area contributed by atoms with Crippen molar-refractivity contribution < 1.29 is 17.9 Å². The molecule has 1 rings (SSSR count). The van der Waals surface area contributed by atoms with Gasteiger partial charge in [-0.15, -0.1) is 0 Å². The van der Waals surface area contributed by atoms with Crippen molar-refractivity contribution >= 4 is 15.9 Å². The van der Waals surface area contributed by atoms with Crippen molar-refractivity contribution in [1.29, 1.82) is 0 Å². The predicted octanol–water partition coefficient (Wildman–Crippen LogP) is 3.87. The normalized spacial score (nSPS) is 11.5. The van der Waals surface area contributed by atoms with Gasteiger partial charge in [-0.1, -0.05) is 0 Å². The van der Waals surface area contributed by atoms with Gasteiger partial charge >= 0.3 is 6.18 Å². The highest BCUT2D eigenvalue weighted by molar-refractivity contribution is 9.10. The SMILES string of the molecule is CCOc1cc(C(F)(F)F)ccc1Br. The van der Waals surface area contributed by atoms with Crippen molar-refractivity contribution in [3.8, 4) is 5.75 Å². The fourth-order valence-corrected chi connectivity index (χ4v) is 1.31. The number of rotatable bonds is 2. The van der Waals surface area contributed by atoms with Crippen molar-refractivity contribution in [2.24, 2.45) is 0 Å². The van der Waals surface area contributed by atoms with Crippen molar-refractivity contribution in [3.63, 3.8) is 0 Å². The zero-order valence-corrected chi connectivity index (χ0v) is 8.95. The molecule has 0 fully saturated rings. The van der Waals surface area contributed by atoms with Crippen LogP contribution in [0, 0.1) is 0 Å². The molecule has 0 N–H and O–H groups in total. The summed E-state index contributed by atoms with van der Waals surface area (Å²) in [6, 6.07) is 3.31. The molecule has 0 spiro atoms. The van der Waals surface area contributed by atoms with Crippen LogP contribution < -0.4 is 4.74 Å². The molecule has 5 heteroatoms. The lowest BCUT2D eigenvalue weighted by atomic mass is 10.2. The van der Waals surface area contributed by atoms with E-state index in [0.29, 0.717) is 11.1 Å². The molecule has 0 aliphatic rings. The van der Waals surface area contributed by atoms with Crippen LogP contribution in [0.15, 0.2) is 22.7 Å². The van der Waals surface area contributed by atoms with Gasteiger partial charge in [0.1, 0.15) is 5.75 Å². The molecule has 1 nitrogen and oxygen atoms in total. The van der Waals surface area contributed by atoms with Gasteiger partial charge in [-0.25, -0.2) is 0 Å². The van der Waals surface area contributed by atoms with Gasteiger partial charge in [0, 0.05) is 0 Å². The van der Waals surface area contributed by atoms with Gasteiger partial charge in [0.15, 0.2) is 0 Å². The molecule has 0 atom stereocenters. The molecule has 78 valence electrons. The fourth-order valence-electron chi connectivity index (χ4n) is 0.946. The van der Waals surface area contributed by atoms with E-state index in [0.717, 1.165) is 12.1 Å². The molecule has 0 radical (unpaired) electrons. The van der Waals surface area contributed by atoms with Crippen molar-refractivity contribution in [2.75, 3.05) is 6.61 Å². The molecule has 1 aromatic carbocycles. The van der Waals surface area contributed by atoms with Crippen molar-refractivity contribution in [1.82, 2.24) is 0 Å². The van der Waals surface area contributed by atoms with Crippen LogP contribution in [-0.4, -0.2) is 6.61 Å². The molecule has 0 aromatic heterocycles. The van der Waals surface area contributed by atoms with Crippen LogP contribution in [0.1, 0.15) is 12.5 Å². The molecular weight excluding hydrogens is 261 g/mol. The largest absolute Gasteiger partial charge is 0.493 e. The second-order valence-electron chi connectivity index (χ2n) is 2.58. The van der Waals surface area contributed by atoms with Gasteiger partial charge in [0.25, 0.3) is 0 Å². The Morgan fingerprint density at radius 2 is 2.00 bits per heavy atom. The maximum atomic E-state index is 12.3. The van der Waals surface area contributed by atoms with E-state index in [9.17, 15) is 13.2 Å². The summed E-state index contributed by atoms with van der Waals surface area (Å²) in [6.07, 6.45) is -4.33. The van der Waals surface area contributed by atoms with E-state index in [1.165, 1.54) is 6.07 Å². The molecule has 14 heavy (non-hydrogen) atoms. The molecule has 0 unspecified atom stereocenters. The lowest BCUT2D eigenvalue weighted by Crippen LogP contribution is -2.05. The van der Waals surface area contributed by atoms with Crippen LogP contribution in [-0.2, 0) is 6.18 Å². The maximum Gasteiger partial charge on any atom is 0.416 e. The van der Waals surface area contributed by atoms with Crippen LogP contribution in [0.5, 0.6) is 5.75 Å². The number of hydrogen-bond donors (Lipinski definition) is 0. The second-order valence-corrected chi connectivity index (χ2v) is 3.43. The molecule has 0 amide bonds. The molecule has 0 bridgehead atoms. The quantitative estimate of drug-likeness (QED) is 0.792. The predicted molar refractivity (Wildman–Crippen MR) is 50.3 cm³/mol. The summed E-state index contributed by atoms with van der Waals surface area (Å²) in [4.78, 5) is 0. The summed E-state index contributed by atoms with van der Waals surface area (Å²) in [6.45, 7) is 2.05. The second kappa shape index (κ2) is 4.21. The van der Waals surface area contributed by atoms with Gasteiger partial charge in [0.2, 0.25) is 0 Å². The van der Waals surface area contributed by atoms with Crippen LogP contribution in [0.4, 0.5) is 13.2 Å². The minimum Gasteiger partial charge on any atom is -0.493 e. The number of ether oxygens (including phenoxy) is 1. The molecular formula is C9H8BrF3O. The van der Waals surface area contributed by atoms with E-state index in [-0.39, 0.29) is 5.75 Å². The van der Waals surface area contributed by atoms with Gasteiger partial charge < -0.3 is 4.74 Å². The average molecular weight is 269 g/mol. The third-order valence-corrected chi connectivity index (χ3v) is 2.21. The average Bonchev–Trinajstić information content (AvgIpc) is 2.07. The highest BCUT2D eigenvalue weighted by atomic mass is 79.9. The van der Waals surface area contributed by atoms with Crippen LogP contribution in [0.2, 0.25) is 0 Å². The van der Waals surface area contributed by atoms with E-state index in [4.69, 9.17) is 4.74 Å². The van der Waals surface area contributed by atoms with Crippen LogP contribution >= 0.6 is 15.9 Å². The molecule has 0 saturated carbocycles. The van der Waals surface area contributed by atoms with E-state index < -0.39 is 11.7 Å². The molecule has 1 aromatic rings. The Labute approximate surface area is 88.0 Å². The summed E-state index contributed by atoms with van der Waals surface area (Å²) in [7, 11) is 0. The summed E-state index contributed by atoms with van der Waals surface area (Å²) in [5, 5.41) is 0. The Hall–Kier alpha value is -0.710. The Morgan fingerprint density at radius 3 is 2.50 bits per heavy atom. The van der Waals surface area contributed by atoms with Gasteiger partial charge in [-0.2, -0.15) is 13.2 Å². The first-order valence-corrected chi connectivity index (χ1v) is 4.74. The molecule has 0 saturated heterocycles. The third kappa shape index (κ3) is 2.64. The Morgan fingerprint density at radius 1 is 1.36 bits per heavy atom. The third-order valence-electron chi connectivity index (χ3n) is 1.56. The lowest BCUT2D eigenvalue weighted by Gasteiger charge is -2.10. The maximum absolute atomic E-state index is 12.3. The van der Waals surface area contributed by atoms with Gasteiger partial charge in [0.05, 0.1) is 16.6 Å². The van der Waals surface area contributed by atoms with Gasteiger partial charge in [-0.3, -0.25) is 0 Å². The first kappa shape index (κ1) is 11.4. The van der Waals surface area contributed by atoms with E-state index in [1.807, 2.05) is 0 Å². The standard InChI is InChI=1S/C9H8BrF3O/c1-2-14-8-5-6(9(11,12)13)3-4-7(8)10/h3-5H,2H2,1H3. The van der Waals surface area contributed by atoms with E-state index in [2.05, 4.69) is 15.9 Å². The first-order chi connectivity index (χ1) is 6.45. The smallest absolute Gasteiger partial charge is 0.416 e. The zero-order chi connectivity index (χ0) is 10.8. The lowest BCUT2D eigenvalue weighted by molar-refractivity contribution is -0.137. The van der Waals surface area contributed by atoms with Crippen LogP contribution in [0.25, 0.3) is 0 Å². The Balaban J connectivity index is 3.06. The molecule has 0 aliphatic heterocycles. The monoisotopic (exact) mass is 268 g/mol. The summed E-state index contributed by atoms with van der Waals surface area (Å²) >= 11 is 3.11. The van der Waals surface area contributed by atoms with Crippen molar-refractivity contribution in [2.45, 2.75) is 13.1 Å². The first-order valence-electron chi connectivity index (χ1n) is 3.94. The summed E-state index contributed by atoms with van der Waals surface area (Å²) in [5.74, 6) is 0.210. The number of halogens is 4. The Kier molecular flexibility index (Phi) is 3.42. The van der Waals surface area contributed by atoms with Crippen LogP contribution in [0.3, 0.4) is 0 Å². The molecule has 0 heterocycles.